The Morgan fingerprint density at radius 1 is 1.04 bits per heavy atom. The first-order valence-electron chi connectivity index (χ1n) is 7.82. The Kier molecular flexibility index (Phi) is 4.29. The van der Waals surface area contributed by atoms with Gasteiger partial charge in [-0.3, -0.25) is 4.79 Å². The second-order valence-corrected chi connectivity index (χ2v) is 7.22. The topological polar surface area (TPSA) is 42.0 Å². The van der Waals surface area contributed by atoms with Crippen LogP contribution in [0.3, 0.4) is 0 Å². The molecule has 3 rings (SSSR count). The van der Waals surface area contributed by atoms with Crippen LogP contribution in [0.15, 0.2) is 54.6 Å². The monoisotopic (exact) mass is 338 g/mol. The standard InChI is InChI=1S/C20H19ClN2O/c1-20(2,3)23-19(24)16-12-18(13-8-10-14(21)11-9-13)22-17-7-5-4-6-15(16)17/h4-12H,1-3H3,(H,23,24). The van der Waals surface area contributed by atoms with E-state index in [-0.39, 0.29) is 11.4 Å². The highest BCUT2D eigenvalue weighted by Crippen LogP contribution is 2.26. The molecule has 3 aromatic rings. The van der Waals surface area contributed by atoms with Crippen molar-refractivity contribution in [1.82, 2.24) is 10.3 Å². The van der Waals surface area contributed by atoms with Crippen LogP contribution in [0.5, 0.6) is 0 Å². The molecule has 0 unspecified atom stereocenters. The summed E-state index contributed by atoms with van der Waals surface area (Å²) in [4.78, 5) is 17.4. The third kappa shape index (κ3) is 3.57. The summed E-state index contributed by atoms with van der Waals surface area (Å²) >= 11 is 5.96. The number of para-hydroxylation sites is 1. The molecule has 24 heavy (non-hydrogen) atoms. The smallest absolute Gasteiger partial charge is 0.252 e. The van der Waals surface area contributed by atoms with Crippen LogP contribution in [0.25, 0.3) is 22.2 Å². The molecule has 1 aromatic heterocycles. The average Bonchev–Trinajstić information content (AvgIpc) is 2.53. The highest BCUT2D eigenvalue weighted by atomic mass is 35.5. The molecule has 122 valence electrons. The lowest BCUT2D eigenvalue weighted by Crippen LogP contribution is -2.40. The van der Waals surface area contributed by atoms with E-state index >= 15 is 0 Å². The number of benzene rings is 2. The Bertz CT molecular complexity index is 896. The van der Waals surface area contributed by atoms with E-state index in [0.717, 1.165) is 22.2 Å². The highest BCUT2D eigenvalue weighted by Gasteiger charge is 2.18. The van der Waals surface area contributed by atoms with Gasteiger partial charge in [0.2, 0.25) is 0 Å². The maximum absolute atomic E-state index is 12.8. The van der Waals surface area contributed by atoms with Gasteiger partial charge >= 0.3 is 0 Å². The molecule has 0 bridgehead atoms. The molecule has 1 heterocycles. The van der Waals surface area contributed by atoms with E-state index in [9.17, 15) is 4.79 Å². The van der Waals surface area contributed by atoms with Crippen LogP contribution in [0.2, 0.25) is 5.02 Å². The summed E-state index contributed by atoms with van der Waals surface area (Å²) in [6, 6.07) is 17.0. The van der Waals surface area contributed by atoms with Gasteiger partial charge in [-0.25, -0.2) is 4.98 Å². The summed E-state index contributed by atoms with van der Waals surface area (Å²) in [6.45, 7) is 5.90. The SMILES string of the molecule is CC(C)(C)NC(=O)c1cc(-c2ccc(Cl)cc2)nc2ccccc12. The third-order valence-electron chi connectivity index (χ3n) is 3.59. The predicted molar refractivity (Wildman–Crippen MR) is 99.4 cm³/mol. The lowest BCUT2D eigenvalue weighted by atomic mass is 10.0. The average molecular weight is 339 g/mol. The number of nitrogens with zero attached hydrogens (tertiary/aromatic N) is 1. The number of carbonyl (C=O) groups is 1. The van der Waals surface area contributed by atoms with Crippen LogP contribution < -0.4 is 5.32 Å². The van der Waals surface area contributed by atoms with E-state index in [1.54, 1.807) is 0 Å². The molecule has 0 spiro atoms. The maximum atomic E-state index is 12.8. The number of aromatic nitrogens is 1. The highest BCUT2D eigenvalue weighted by molar-refractivity contribution is 6.30. The van der Waals surface area contributed by atoms with Crippen molar-refractivity contribution in [1.29, 1.82) is 0 Å². The first-order chi connectivity index (χ1) is 11.3. The second kappa shape index (κ2) is 6.25. The van der Waals surface area contributed by atoms with Gasteiger partial charge in [0.1, 0.15) is 0 Å². The van der Waals surface area contributed by atoms with E-state index in [4.69, 9.17) is 16.6 Å². The molecule has 0 aliphatic heterocycles. The number of pyridine rings is 1. The van der Waals surface area contributed by atoms with Crippen molar-refractivity contribution in [2.45, 2.75) is 26.3 Å². The first-order valence-corrected chi connectivity index (χ1v) is 8.19. The van der Waals surface area contributed by atoms with Gasteiger partial charge in [0, 0.05) is 21.5 Å². The van der Waals surface area contributed by atoms with E-state index in [1.807, 2.05) is 75.4 Å². The quantitative estimate of drug-likeness (QED) is 0.707. The van der Waals surface area contributed by atoms with E-state index in [2.05, 4.69) is 5.32 Å². The molecular formula is C20H19ClN2O. The Hall–Kier alpha value is -2.39. The van der Waals surface area contributed by atoms with Crippen molar-refractivity contribution >= 4 is 28.4 Å². The maximum Gasteiger partial charge on any atom is 0.252 e. The minimum atomic E-state index is -0.304. The molecule has 0 atom stereocenters. The molecule has 4 heteroatoms. The van der Waals surface area contributed by atoms with Gasteiger partial charge in [-0.2, -0.15) is 0 Å². The normalized spacial score (nSPS) is 11.5. The van der Waals surface area contributed by atoms with Gasteiger partial charge in [-0.1, -0.05) is 41.9 Å². The minimum Gasteiger partial charge on any atom is -0.347 e. The van der Waals surface area contributed by atoms with Crippen molar-refractivity contribution < 1.29 is 4.79 Å². The Morgan fingerprint density at radius 2 is 1.71 bits per heavy atom. The zero-order chi connectivity index (χ0) is 17.3. The summed E-state index contributed by atoms with van der Waals surface area (Å²) < 4.78 is 0. The lowest BCUT2D eigenvalue weighted by molar-refractivity contribution is 0.0921. The second-order valence-electron chi connectivity index (χ2n) is 6.78. The van der Waals surface area contributed by atoms with Crippen LogP contribution in [0.4, 0.5) is 0 Å². The van der Waals surface area contributed by atoms with Crippen LogP contribution in [0, 0.1) is 0 Å². The summed E-state index contributed by atoms with van der Waals surface area (Å²) in [6.07, 6.45) is 0. The van der Waals surface area contributed by atoms with Crippen molar-refractivity contribution in [3.8, 4) is 11.3 Å². The zero-order valence-electron chi connectivity index (χ0n) is 13.9. The van der Waals surface area contributed by atoms with E-state index in [0.29, 0.717) is 10.6 Å². The van der Waals surface area contributed by atoms with Crippen LogP contribution in [-0.4, -0.2) is 16.4 Å². The van der Waals surface area contributed by atoms with Gasteiger partial charge < -0.3 is 5.32 Å². The number of nitrogens with one attached hydrogen (secondary N) is 1. The van der Waals surface area contributed by atoms with Crippen molar-refractivity contribution in [2.75, 3.05) is 0 Å². The molecule has 1 N–H and O–H groups in total. The van der Waals surface area contributed by atoms with Crippen molar-refractivity contribution in [2.24, 2.45) is 0 Å². The van der Waals surface area contributed by atoms with Gasteiger partial charge in [0.05, 0.1) is 16.8 Å². The van der Waals surface area contributed by atoms with Crippen molar-refractivity contribution in [3.63, 3.8) is 0 Å². The largest absolute Gasteiger partial charge is 0.347 e. The number of amides is 1. The van der Waals surface area contributed by atoms with Gasteiger partial charge in [-0.15, -0.1) is 0 Å². The van der Waals surface area contributed by atoms with Crippen molar-refractivity contribution in [3.05, 3.63) is 65.2 Å². The molecular weight excluding hydrogens is 320 g/mol. The molecule has 0 aliphatic rings. The summed E-state index contributed by atoms with van der Waals surface area (Å²) in [5, 5.41) is 4.54. The first kappa shape index (κ1) is 16.5. The molecule has 1 amide bonds. The molecule has 3 nitrogen and oxygen atoms in total. The molecule has 0 saturated carbocycles. The fourth-order valence-electron chi connectivity index (χ4n) is 2.54. The Balaban J connectivity index is 2.16. The summed E-state index contributed by atoms with van der Waals surface area (Å²) in [7, 11) is 0. The third-order valence-corrected chi connectivity index (χ3v) is 3.84. The van der Waals surface area contributed by atoms with E-state index < -0.39 is 0 Å². The van der Waals surface area contributed by atoms with Crippen LogP contribution in [0.1, 0.15) is 31.1 Å². The number of hydrogen-bond donors (Lipinski definition) is 1. The fraction of sp³-hybridized carbons (Fsp3) is 0.200. The van der Waals surface area contributed by atoms with Crippen LogP contribution >= 0.6 is 11.6 Å². The minimum absolute atomic E-state index is 0.101. The Morgan fingerprint density at radius 3 is 2.38 bits per heavy atom. The summed E-state index contributed by atoms with van der Waals surface area (Å²) in [5.74, 6) is -0.101. The molecule has 2 aromatic carbocycles. The number of carbonyl (C=O) groups excluding carboxylic acids is 1. The van der Waals surface area contributed by atoms with Gasteiger partial charge in [0.15, 0.2) is 0 Å². The number of hydrogen-bond acceptors (Lipinski definition) is 2. The van der Waals surface area contributed by atoms with E-state index in [1.165, 1.54) is 0 Å². The predicted octanol–water partition coefficient (Wildman–Crippen LogP) is 5.08. The number of halogens is 1. The van der Waals surface area contributed by atoms with Crippen LogP contribution in [-0.2, 0) is 0 Å². The van der Waals surface area contributed by atoms with Gasteiger partial charge in [-0.05, 0) is 45.0 Å². The molecule has 0 aliphatic carbocycles. The molecule has 0 saturated heterocycles. The zero-order valence-corrected chi connectivity index (χ0v) is 14.7. The molecule has 0 fully saturated rings. The number of fused-ring (bicyclic) bond motifs is 1. The lowest BCUT2D eigenvalue weighted by Gasteiger charge is -2.21. The Labute approximate surface area is 146 Å². The van der Waals surface area contributed by atoms with Gasteiger partial charge in [0.25, 0.3) is 5.91 Å². The number of rotatable bonds is 2. The fourth-order valence-corrected chi connectivity index (χ4v) is 2.67. The summed E-state index contributed by atoms with van der Waals surface area (Å²) in [5.41, 5.74) is 2.80. The molecule has 0 radical (unpaired) electrons.